The van der Waals surface area contributed by atoms with Gasteiger partial charge in [-0.1, -0.05) is 23.7 Å². The van der Waals surface area contributed by atoms with E-state index in [0.717, 1.165) is 5.69 Å². The summed E-state index contributed by atoms with van der Waals surface area (Å²) >= 11 is 5.97. The molecule has 2 aromatic rings. The van der Waals surface area contributed by atoms with E-state index in [2.05, 4.69) is 0 Å². The number of anilines is 1. The van der Waals surface area contributed by atoms with Crippen molar-refractivity contribution in [2.45, 2.75) is 13.0 Å². The van der Waals surface area contributed by atoms with Gasteiger partial charge in [-0.25, -0.2) is 0 Å². The topological polar surface area (TPSA) is 49.9 Å². The van der Waals surface area contributed by atoms with E-state index in [9.17, 15) is 9.59 Å². The van der Waals surface area contributed by atoms with Crippen molar-refractivity contribution in [3.63, 3.8) is 0 Å². The number of hydrogen-bond acceptors (Lipinski definition) is 3. The molecular weight excluding hydrogens is 340 g/mol. The standard InChI is InChI=1S/C19H19ClN2O3/c1-13-18(23)22(16-7-4-8-17(12-16)25-2)10-9-21(13)19(24)14-5-3-6-15(20)11-14/h3-8,11-13H,9-10H2,1-2H3/t13-/m1/s1. The lowest BCUT2D eigenvalue weighted by molar-refractivity contribution is -0.124. The molecule has 0 N–H and O–H groups in total. The predicted molar refractivity (Wildman–Crippen MR) is 97.3 cm³/mol. The largest absolute Gasteiger partial charge is 0.497 e. The van der Waals surface area contributed by atoms with E-state index in [1.54, 1.807) is 48.1 Å². The van der Waals surface area contributed by atoms with Gasteiger partial charge in [0.2, 0.25) is 5.91 Å². The van der Waals surface area contributed by atoms with Crippen LogP contribution >= 0.6 is 11.6 Å². The zero-order valence-electron chi connectivity index (χ0n) is 14.1. The summed E-state index contributed by atoms with van der Waals surface area (Å²) in [7, 11) is 1.59. The van der Waals surface area contributed by atoms with Gasteiger partial charge >= 0.3 is 0 Å². The molecule has 0 aliphatic carbocycles. The number of nitrogens with zero attached hydrogens (tertiary/aromatic N) is 2. The van der Waals surface area contributed by atoms with E-state index >= 15 is 0 Å². The lowest BCUT2D eigenvalue weighted by Gasteiger charge is -2.39. The molecule has 5 nitrogen and oxygen atoms in total. The Morgan fingerprint density at radius 3 is 2.64 bits per heavy atom. The molecule has 2 aromatic carbocycles. The number of hydrogen-bond donors (Lipinski definition) is 0. The summed E-state index contributed by atoms with van der Waals surface area (Å²) in [6.07, 6.45) is 0. The van der Waals surface area contributed by atoms with Crippen molar-refractivity contribution in [3.05, 3.63) is 59.1 Å². The Hall–Kier alpha value is -2.53. The number of piperazine rings is 1. The van der Waals surface area contributed by atoms with Crippen LogP contribution in [0.3, 0.4) is 0 Å². The van der Waals surface area contributed by atoms with E-state index in [0.29, 0.717) is 29.4 Å². The third kappa shape index (κ3) is 3.46. The number of carbonyl (C=O) groups is 2. The second kappa shape index (κ2) is 7.15. The number of ether oxygens (including phenoxy) is 1. The summed E-state index contributed by atoms with van der Waals surface area (Å²) in [6.45, 7) is 2.63. The van der Waals surface area contributed by atoms with Crippen molar-refractivity contribution < 1.29 is 14.3 Å². The van der Waals surface area contributed by atoms with Crippen LogP contribution in [0.2, 0.25) is 5.02 Å². The maximum atomic E-state index is 12.8. The maximum Gasteiger partial charge on any atom is 0.254 e. The van der Waals surface area contributed by atoms with E-state index in [-0.39, 0.29) is 11.8 Å². The molecule has 1 heterocycles. The molecule has 1 aliphatic rings. The third-order valence-corrected chi connectivity index (χ3v) is 4.59. The Balaban J connectivity index is 1.80. The van der Waals surface area contributed by atoms with Crippen molar-refractivity contribution in [2.75, 3.05) is 25.1 Å². The van der Waals surface area contributed by atoms with Crippen LogP contribution in [-0.2, 0) is 4.79 Å². The SMILES string of the molecule is COc1cccc(N2CCN(C(=O)c3cccc(Cl)c3)[C@H](C)C2=O)c1. The first-order valence-corrected chi connectivity index (χ1v) is 8.41. The minimum atomic E-state index is -0.550. The molecule has 0 bridgehead atoms. The molecule has 2 amide bonds. The number of amides is 2. The van der Waals surface area contributed by atoms with Crippen molar-refractivity contribution in [1.29, 1.82) is 0 Å². The highest BCUT2D eigenvalue weighted by atomic mass is 35.5. The van der Waals surface area contributed by atoms with Crippen LogP contribution in [0.25, 0.3) is 0 Å². The molecule has 3 rings (SSSR count). The molecule has 1 atom stereocenters. The number of carbonyl (C=O) groups excluding carboxylic acids is 2. The Morgan fingerprint density at radius 1 is 1.16 bits per heavy atom. The van der Waals surface area contributed by atoms with Gasteiger partial charge in [0.1, 0.15) is 11.8 Å². The fourth-order valence-corrected chi connectivity index (χ4v) is 3.16. The normalized spacial score (nSPS) is 17.6. The first-order valence-electron chi connectivity index (χ1n) is 8.03. The quantitative estimate of drug-likeness (QED) is 0.846. The van der Waals surface area contributed by atoms with E-state index in [4.69, 9.17) is 16.3 Å². The van der Waals surface area contributed by atoms with Crippen LogP contribution in [0.5, 0.6) is 5.75 Å². The number of benzene rings is 2. The van der Waals surface area contributed by atoms with Gasteiger partial charge in [-0.3, -0.25) is 9.59 Å². The van der Waals surface area contributed by atoms with Crippen molar-refractivity contribution >= 4 is 29.1 Å². The van der Waals surface area contributed by atoms with Crippen LogP contribution in [-0.4, -0.2) is 43.0 Å². The Bertz CT molecular complexity index is 809. The van der Waals surface area contributed by atoms with Crippen molar-refractivity contribution in [2.24, 2.45) is 0 Å². The van der Waals surface area contributed by atoms with Gasteiger partial charge in [-0.15, -0.1) is 0 Å². The van der Waals surface area contributed by atoms with Crippen LogP contribution < -0.4 is 9.64 Å². The molecule has 1 saturated heterocycles. The average molecular weight is 359 g/mol. The summed E-state index contributed by atoms with van der Waals surface area (Å²) in [6, 6.07) is 13.6. The summed E-state index contributed by atoms with van der Waals surface area (Å²) < 4.78 is 5.22. The minimum Gasteiger partial charge on any atom is -0.497 e. The number of halogens is 1. The van der Waals surface area contributed by atoms with Crippen LogP contribution in [0.1, 0.15) is 17.3 Å². The average Bonchev–Trinajstić information content (AvgIpc) is 2.63. The second-order valence-electron chi connectivity index (χ2n) is 5.88. The fraction of sp³-hybridized carbons (Fsp3) is 0.263. The molecule has 1 aliphatic heterocycles. The lowest BCUT2D eigenvalue weighted by Crippen LogP contribution is -2.57. The van der Waals surface area contributed by atoms with Gasteiger partial charge in [0.15, 0.2) is 0 Å². The van der Waals surface area contributed by atoms with Gasteiger partial charge in [-0.05, 0) is 37.3 Å². The molecule has 1 fully saturated rings. The summed E-state index contributed by atoms with van der Waals surface area (Å²) in [5, 5.41) is 0.500. The molecule has 0 spiro atoms. The lowest BCUT2D eigenvalue weighted by atomic mass is 10.1. The number of methoxy groups -OCH3 is 1. The van der Waals surface area contributed by atoms with Gasteiger partial charge < -0.3 is 14.5 Å². The molecular formula is C19H19ClN2O3. The van der Waals surface area contributed by atoms with Gasteiger partial charge in [0, 0.05) is 35.4 Å². The summed E-state index contributed by atoms with van der Waals surface area (Å²) in [5.41, 5.74) is 1.26. The Labute approximate surface area is 151 Å². The van der Waals surface area contributed by atoms with Gasteiger partial charge in [0.05, 0.1) is 7.11 Å². The van der Waals surface area contributed by atoms with E-state index in [1.807, 2.05) is 24.3 Å². The highest BCUT2D eigenvalue weighted by Crippen LogP contribution is 2.25. The van der Waals surface area contributed by atoms with Crippen molar-refractivity contribution in [3.8, 4) is 5.75 Å². The second-order valence-corrected chi connectivity index (χ2v) is 6.31. The molecule has 25 heavy (non-hydrogen) atoms. The van der Waals surface area contributed by atoms with Crippen molar-refractivity contribution in [1.82, 2.24) is 4.90 Å². The Kier molecular flexibility index (Phi) is 4.95. The van der Waals surface area contributed by atoms with Gasteiger partial charge in [-0.2, -0.15) is 0 Å². The smallest absolute Gasteiger partial charge is 0.254 e. The van der Waals surface area contributed by atoms with E-state index < -0.39 is 6.04 Å². The maximum absolute atomic E-state index is 12.8. The van der Waals surface area contributed by atoms with Gasteiger partial charge in [0.25, 0.3) is 5.91 Å². The molecule has 0 aromatic heterocycles. The molecule has 0 unspecified atom stereocenters. The summed E-state index contributed by atoms with van der Waals surface area (Å²) in [4.78, 5) is 28.8. The van der Waals surface area contributed by atoms with E-state index in [1.165, 1.54) is 0 Å². The van der Waals surface area contributed by atoms with Crippen LogP contribution in [0.15, 0.2) is 48.5 Å². The molecule has 0 saturated carbocycles. The highest BCUT2D eigenvalue weighted by Gasteiger charge is 2.35. The summed E-state index contributed by atoms with van der Waals surface area (Å²) in [5.74, 6) is 0.388. The predicted octanol–water partition coefficient (Wildman–Crippen LogP) is 3.23. The monoisotopic (exact) mass is 358 g/mol. The number of rotatable bonds is 3. The van der Waals surface area contributed by atoms with Crippen LogP contribution in [0, 0.1) is 0 Å². The first-order chi connectivity index (χ1) is 12.0. The molecule has 130 valence electrons. The highest BCUT2D eigenvalue weighted by molar-refractivity contribution is 6.31. The zero-order valence-corrected chi connectivity index (χ0v) is 14.9. The molecule has 6 heteroatoms. The minimum absolute atomic E-state index is 0.116. The zero-order chi connectivity index (χ0) is 18.0. The van der Waals surface area contributed by atoms with Crippen LogP contribution in [0.4, 0.5) is 5.69 Å². The fourth-order valence-electron chi connectivity index (χ4n) is 2.97. The third-order valence-electron chi connectivity index (χ3n) is 4.35. The molecule has 0 radical (unpaired) electrons. The first kappa shape index (κ1) is 17.3. The Morgan fingerprint density at radius 2 is 1.92 bits per heavy atom.